The van der Waals surface area contributed by atoms with E-state index in [4.69, 9.17) is 4.74 Å². The van der Waals surface area contributed by atoms with E-state index in [1.165, 1.54) is 13.2 Å². The van der Waals surface area contributed by atoms with Crippen LogP contribution < -0.4 is 15.0 Å². The van der Waals surface area contributed by atoms with Gasteiger partial charge in [0.2, 0.25) is 0 Å². The van der Waals surface area contributed by atoms with E-state index in [1.54, 1.807) is 12.1 Å². The third kappa shape index (κ3) is 2.85. The first-order valence-electron chi connectivity index (χ1n) is 6.75. The molecule has 1 fully saturated rings. The second kappa shape index (κ2) is 5.66. The SMILES string of the molecule is CNC1(C)CCN(c2ccc([N+](=O)[O-])c(OC)c2)CC1. The highest BCUT2D eigenvalue weighted by Crippen LogP contribution is 2.33. The molecule has 110 valence electrons. The summed E-state index contributed by atoms with van der Waals surface area (Å²) < 4.78 is 5.12. The Balaban J connectivity index is 2.17. The van der Waals surface area contributed by atoms with E-state index in [0.717, 1.165) is 31.6 Å². The van der Waals surface area contributed by atoms with Gasteiger partial charge >= 0.3 is 5.69 Å². The molecule has 1 aromatic carbocycles. The van der Waals surface area contributed by atoms with Gasteiger partial charge in [-0.15, -0.1) is 0 Å². The molecule has 1 aromatic rings. The molecule has 1 aliphatic rings. The van der Waals surface area contributed by atoms with Crippen LogP contribution in [0.2, 0.25) is 0 Å². The molecule has 20 heavy (non-hydrogen) atoms. The van der Waals surface area contributed by atoms with E-state index in [0.29, 0.717) is 5.75 Å². The van der Waals surface area contributed by atoms with Crippen molar-refractivity contribution in [3.8, 4) is 5.75 Å². The number of piperidine rings is 1. The van der Waals surface area contributed by atoms with Crippen LogP contribution in [0.15, 0.2) is 18.2 Å². The van der Waals surface area contributed by atoms with Crippen LogP contribution in [0.5, 0.6) is 5.75 Å². The third-order valence-corrected chi connectivity index (χ3v) is 4.20. The standard InChI is InChI=1S/C14H21N3O3/c1-14(15-2)6-8-16(9-7-14)11-4-5-12(17(18)19)13(10-11)20-3/h4-5,10,15H,6-9H2,1-3H3. The highest BCUT2D eigenvalue weighted by molar-refractivity contribution is 5.59. The Morgan fingerprint density at radius 2 is 2.05 bits per heavy atom. The van der Waals surface area contributed by atoms with Crippen molar-refractivity contribution in [3.05, 3.63) is 28.3 Å². The molecule has 6 nitrogen and oxygen atoms in total. The first-order valence-corrected chi connectivity index (χ1v) is 6.75. The summed E-state index contributed by atoms with van der Waals surface area (Å²) in [5.41, 5.74) is 1.17. The summed E-state index contributed by atoms with van der Waals surface area (Å²) in [6.07, 6.45) is 2.09. The highest BCUT2D eigenvalue weighted by atomic mass is 16.6. The van der Waals surface area contributed by atoms with Crippen LogP contribution in [-0.2, 0) is 0 Å². The van der Waals surface area contributed by atoms with Gasteiger partial charge in [0.15, 0.2) is 5.75 Å². The molecular weight excluding hydrogens is 258 g/mol. The summed E-state index contributed by atoms with van der Waals surface area (Å²) in [5, 5.41) is 14.3. The number of anilines is 1. The van der Waals surface area contributed by atoms with Crippen LogP contribution in [0.3, 0.4) is 0 Å². The molecule has 1 heterocycles. The number of benzene rings is 1. The lowest BCUT2D eigenvalue weighted by molar-refractivity contribution is -0.385. The van der Waals surface area contributed by atoms with Gasteiger partial charge in [-0.05, 0) is 32.9 Å². The predicted octanol–water partition coefficient (Wildman–Crippen LogP) is 2.18. The molecule has 0 radical (unpaired) electrons. The molecule has 0 aliphatic carbocycles. The topological polar surface area (TPSA) is 67.6 Å². The number of ether oxygens (including phenoxy) is 1. The van der Waals surface area contributed by atoms with Crippen molar-refractivity contribution in [1.29, 1.82) is 0 Å². The molecule has 0 amide bonds. The minimum Gasteiger partial charge on any atom is -0.490 e. The zero-order valence-electron chi connectivity index (χ0n) is 12.2. The molecule has 0 aromatic heterocycles. The average molecular weight is 279 g/mol. The summed E-state index contributed by atoms with van der Waals surface area (Å²) >= 11 is 0. The molecule has 0 saturated carbocycles. The highest BCUT2D eigenvalue weighted by Gasteiger charge is 2.29. The largest absolute Gasteiger partial charge is 0.490 e. The Hall–Kier alpha value is -1.82. The van der Waals surface area contributed by atoms with Gasteiger partial charge in [-0.3, -0.25) is 10.1 Å². The van der Waals surface area contributed by atoms with E-state index < -0.39 is 4.92 Å². The normalized spacial score (nSPS) is 17.9. The van der Waals surface area contributed by atoms with E-state index in [2.05, 4.69) is 17.1 Å². The van der Waals surface area contributed by atoms with Gasteiger partial charge in [-0.2, -0.15) is 0 Å². The fourth-order valence-corrected chi connectivity index (χ4v) is 2.52. The first-order chi connectivity index (χ1) is 9.49. The number of nitro benzene ring substituents is 1. The van der Waals surface area contributed by atoms with Crippen molar-refractivity contribution in [1.82, 2.24) is 5.32 Å². The van der Waals surface area contributed by atoms with E-state index in [-0.39, 0.29) is 11.2 Å². The minimum atomic E-state index is -0.420. The average Bonchev–Trinajstić information content (AvgIpc) is 2.47. The van der Waals surface area contributed by atoms with E-state index in [1.807, 2.05) is 7.05 Å². The van der Waals surface area contributed by atoms with Gasteiger partial charge in [0.1, 0.15) is 0 Å². The van der Waals surface area contributed by atoms with Crippen LogP contribution in [0.1, 0.15) is 19.8 Å². The summed E-state index contributed by atoms with van der Waals surface area (Å²) in [7, 11) is 3.45. The number of nitrogens with zero attached hydrogens (tertiary/aromatic N) is 2. The maximum Gasteiger partial charge on any atom is 0.311 e. The van der Waals surface area contributed by atoms with E-state index in [9.17, 15) is 10.1 Å². The molecule has 2 rings (SSSR count). The number of nitrogens with one attached hydrogen (secondary N) is 1. The van der Waals surface area contributed by atoms with Gasteiger partial charge in [0, 0.05) is 36.4 Å². The Morgan fingerprint density at radius 1 is 1.40 bits per heavy atom. The summed E-state index contributed by atoms with van der Waals surface area (Å²) in [6.45, 7) is 4.08. The summed E-state index contributed by atoms with van der Waals surface area (Å²) in [5.74, 6) is 0.314. The molecule has 1 saturated heterocycles. The Bertz CT molecular complexity index is 496. The lowest BCUT2D eigenvalue weighted by Crippen LogP contribution is -2.50. The minimum absolute atomic E-state index is 0.00771. The number of hydrogen-bond donors (Lipinski definition) is 1. The zero-order chi connectivity index (χ0) is 14.8. The van der Waals surface area contributed by atoms with Gasteiger partial charge in [-0.25, -0.2) is 0 Å². The lowest BCUT2D eigenvalue weighted by atomic mass is 9.89. The summed E-state index contributed by atoms with van der Waals surface area (Å²) in [4.78, 5) is 12.7. The van der Waals surface area contributed by atoms with Gasteiger partial charge in [0.05, 0.1) is 12.0 Å². The van der Waals surface area contributed by atoms with Crippen LogP contribution in [0, 0.1) is 10.1 Å². The zero-order valence-corrected chi connectivity index (χ0v) is 12.2. The number of nitro groups is 1. The molecule has 1 aliphatic heterocycles. The smallest absolute Gasteiger partial charge is 0.311 e. The Labute approximate surface area is 118 Å². The second-order valence-corrected chi connectivity index (χ2v) is 5.41. The fourth-order valence-electron chi connectivity index (χ4n) is 2.52. The van der Waals surface area contributed by atoms with Gasteiger partial charge < -0.3 is 15.0 Å². The van der Waals surface area contributed by atoms with Crippen LogP contribution >= 0.6 is 0 Å². The number of hydrogen-bond acceptors (Lipinski definition) is 5. The predicted molar refractivity (Wildman–Crippen MR) is 78.6 cm³/mol. The molecule has 0 bridgehead atoms. The molecular formula is C14H21N3O3. The summed E-state index contributed by atoms with van der Waals surface area (Å²) in [6, 6.07) is 5.06. The van der Waals surface area contributed by atoms with Crippen molar-refractivity contribution in [2.24, 2.45) is 0 Å². The van der Waals surface area contributed by atoms with Gasteiger partial charge in [0.25, 0.3) is 0 Å². The number of methoxy groups -OCH3 is 1. The second-order valence-electron chi connectivity index (χ2n) is 5.41. The maximum absolute atomic E-state index is 10.9. The van der Waals surface area contributed by atoms with Crippen LogP contribution in [0.25, 0.3) is 0 Å². The van der Waals surface area contributed by atoms with Crippen molar-refractivity contribution in [2.45, 2.75) is 25.3 Å². The Morgan fingerprint density at radius 3 is 2.55 bits per heavy atom. The van der Waals surface area contributed by atoms with E-state index >= 15 is 0 Å². The monoisotopic (exact) mass is 279 g/mol. The maximum atomic E-state index is 10.9. The van der Waals surface area contributed by atoms with Crippen molar-refractivity contribution < 1.29 is 9.66 Å². The first kappa shape index (κ1) is 14.6. The lowest BCUT2D eigenvalue weighted by Gasteiger charge is -2.40. The van der Waals surface area contributed by atoms with Crippen molar-refractivity contribution in [3.63, 3.8) is 0 Å². The van der Waals surface area contributed by atoms with Gasteiger partial charge in [-0.1, -0.05) is 0 Å². The Kier molecular flexibility index (Phi) is 4.13. The molecule has 6 heteroatoms. The molecule has 0 spiro atoms. The quantitative estimate of drug-likeness (QED) is 0.676. The molecule has 0 atom stereocenters. The van der Waals surface area contributed by atoms with Crippen molar-refractivity contribution >= 4 is 11.4 Å². The van der Waals surface area contributed by atoms with Crippen LogP contribution in [0.4, 0.5) is 11.4 Å². The fraction of sp³-hybridized carbons (Fsp3) is 0.571. The van der Waals surface area contributed by atoms with Crippen molar-refractivity contribution in [2.75, 3.05) is 32.1 Å². The number of rotatable bonds is 4. The molecule has 1 N–H and O–H groups in total. The molecule has 0 unspecified atom stereocenters. The third-order valence-electron chi connectivity index (χ3n) is 4.20. The van der Waals surface area contributed by atoms with Crippen LogP contribution in [-0.4, -0.2) is 37.7 Å².